The fraction of sp³-hybridized carbons (Fsp3) is 1.00. The average Bonchev–Trinajstić information content (AvgIpc) is 3.25. The summed E-state index contributed by atoms with van der Waals surface area (Å²) in [5.74, 6) is 2.95. The molecular formula is C12H20S2Se2Te2. The van der Waals surface area contributed by atoms with Crippen LogP contribution in [0.3, 0.4) is 0 Å². The molecule has 0 saturated carbocycles. The zero-order valence-electron chi connectivity index (χ0n) is 10.2. The van der Waals surface area contributed by atoms with Crippen LogP contribution in [-0.2, 0) is 0 Å². The van der Waals surface area contributed by atoms with Gasteiger partial charge >= 0.3 is 161 Å². The van der Waals surface area contributed by atoms with Crippen molar-refractivity contribution in [3.8, 4) is 0 Å². The molecule has 6 unspecified atom stereocenters. The molecule has 3 aliphatic rings. The summed E-state index contributed by atoms with van der Waals surface area (Å²) in [6.45, 7) is 0. The van der Waals surface area contributed by atoms with Crippen molar-refractivity contribution in [1.82, 2.24) is 0 Å². The minimum atomic E-state index is 0.993. The van der Waals surface area contributed by atoms with E-state index < -0.39 is 0 Å². The van der Waals surface area contributed by atoms with Crippen LogP contribution in [0.4, 0.5) is 0 Å². The summed E-state index contributed by atoms with van der Waals surface area (Å²) in [5, 5.41) is 3.76. The number of hydrogen-bond donors (Lipinski definition) is 0. The van der Waals surface area contributed by atoms with Gasteiger partial charge in [-0.3, -0.25) is 0 Å². The number of rotatable bonds is 6. The van der Waals surface area contributed by atoms with Gasteiger partial charge in [0.05, 0.1) is 0 Å². The molecule has 3 fully saturated rings. The van der Waals surface area contributed by atoms with Crippen molar-refractivity contribution in [1.29, 1.82) is 0 Å². The van der Waals surface area contributed by atoms with Crippen LogP contribution in [0.1, 0.15) is 19.3 Å². The van der Waals surface area contributed by atoms with E-state index in [4.69, 9.17) is 0 Å². The van der Waals surface area contributed by atoms with Gasteiger partial charge in [0.25, 0.3) is 0 Å². The minimum absolute atomic E-state index is 0.993. The van der Waals surface area contributed by atoms with Crippen molar-refractivity contribution < 1.29 is 0 Å². The first kappa shape index (κ1) is 16.2. The van der Waals surface area contributed by atoms with Crippen molar-refractivity contribution >= 4 is 98.0 Å². The first-order valence-corrected chi connectivity index (χ1v) is 15.8. The summed E-state index contributed by atoms with van der Waals surface area (Å²) in [7, 11) is 0. The van der Waals surface area contributed by atoms with Crippen LogP contribution in [-0.4, -0.2) is 96.5 Å². The Kier molecular flexibility index (Phi) is 6.95. The van der Waals surface area contributed by atoms with E-state index in [9.17, 15) is 0 Å². The fourth-order valence-corrected chi connectivity index (χ4v) is 18.5. The molecule has 0 aromatic carbocycles. The van der Waals surface area contributed by atoms with E-state index in [0.29, 0.717) is 0 Å². The zero-order chi connectivity index (χ0) is 12.5. The third-order valence-corrected chi connectivity index (χ3v) is 20.9. The van der Waals surface area contributed by atoms with Crippen molar-refractivity contribution in [3.63, 3.8) is 0 Å². The van der Waals surface area contributed by atoms with Gasteiger partial charge in [0, 0.05) is 0 Å². The van der Waals surface area contributed by atoms with Gasteiger partial charge in [-0.25, -0.2) is 0 Å². The molecule has 0 aromatic heterocycles. The second-order valence-electron chi connectivity index (χ2n) is 5.22. The third kappa shape index (κ3) is 5.20. The van der Waals surface area contributed by atoms with E-state index in [1.165, 1.54) is 15.2 Å². The van der Waals surface area contributed by atoms with Crippen molar-refractivity contribution in [3.05, 3.63) is 0 Å². The molecule has 6 heteroatoms. The van der Waals surface area contributed by atoms with Crippen LogP contribution in [0, 0.1) is 0 Å². The first-order valence-electron chi connectivity index (χ1n) is 6.59. The van der Waals surface area contributed by atoms with Gasteiger partial charge in [-0.2, -0.15) is 0 Å². The summed E-state index contributed by atoms with van der Waals surface area (Å²) >= 11 is 10.8. The van der Waals surface area contributed by atoms with Crippen LogP contribution in [0.2, 0.25) is 21.8 Å². The van der Waals surface area contributed by atoms with Gasteiger partial charge in [0.1, 0.15) is 0 Å². The van der Waals surface area contributed by atoms with E-state index in [0.717, 1.165) is 53.2 Å². The van der Waals surface area contributed by atoms with Crippen molar-refractivity contribution in [2.75, 3.05) is 11.5 Å². The SMILES string of the molecule is [TeH]C(CC1CS1)C1CC[Se]C(C([TeH])CC2CS2)[Se]1. The Hall–Kier alpha value is 3.32. The third-order valence-electron chi connectivity index (χ3n) is 3.55. The first-order chi connectivity index (χ1) is 8.72. The Balaban J connectivity index is 1.46. The average molecular weight is 642 g/mol. The monoisotopic (exact) mass is 648 g/mol. The Bertz CT molecular complexity index is 261. The van der Waals surface area contributed by atoms with Gasteiger partial charge in [0.2, 0.25) is 0 Å². The summed E-state index contributed by atoms with van der Waals surface area (Å²) in [5.41, 5.74) is 0. The Morgan fingerprint density at radius 2 is 1.67 bits per heavy atom. The Morgan fingerprint density at radius 1 is 1.06 bits per heavy atom. The molecule has 0 aliphatic carbocycles. The fourth-order valence-electron chi connectivity index (χ4n) is 2.27. The molecule has 3 aliphatic heterocycles. The second kappa shape index (κ2) is 7.73. The maximum atomic E-state index is 2.21. The van der Waals surface area contributed by atoms with Gasteiger partial charge in [0.15, 0.2) is 0 Å². The number of hydrogen-bond acceptors (Lipinski definition) is 2. The molecule has 0 aromatic rings. The molecule has 3 saturated heterocycles. The Morgan fingerprint density at radius 3 is 2.28 bits per heavy atom. The van der Waals surface area contributed by atoms with Gasteiger partial charge in [-0.15, -0.1) is 0 Å². The van der Waals surface area contributed by atoms with Gasteiger partial charge < -0.3 is 0 Å². The molecule has 3 heterocycles. The summed E-state index contributed by atoms with van der Waals surface area (Å²) in [6.07, 6.45) is 4.73. The molecule has 0 radical (unpaired) electrons. The second-order valence-corrected chi connectivity index (χ2v) is 18.7. The van der Waals surface area contributed by atoms with Crippen LogP contribution in [0.25, 0.3) is 0 Å². The molecule has 0 amide bonds. The van der Waals surface area contributed by atoms with E-state index in [1.54, 1.807) is 24.6 Å². The molecule has 0 spiro atoms. The predicted octanol–water partition coefficient (Wildman–Crippen LogP) is 2.14. The van der Waals surface area contributed by atoms with E-state index >= 15 is 0 Å². The summed E-state index contributed by atoms with van der Waals surface area (Å²) in [4.78, 5) is 1.16. The molecule has 18 heavy (non-hydrogen) atoms. The van der Waals surface area contributed by atoms with Crippen LogP contribution < -0.4 is 0 Å². The van der Waals surface area contributed by atoms with Gasteiger partial charge in [-0.1, -0.05) is 0 Å². The Labute approximate surface area is 159 Å². The molecule has 3 rings (SSSR count). The van der Waals surface area contributed by atoms with E-state index in [2.05, 4.69) is 68.1 Å². The van der Waals surface area contributed by atoms with E-state index in [-0.39, 0.29) is 0 Å². The zero-order valence-corrected chi connectivity index (χ0v) is 20.4. The standard InChI is InChI=1S/C12H20S2Se2Te2/c17-10(3-7-5-13-7)9-1-2-15-12(16-9)11(18)4-8-6-14-8/h7-12,17-18H,1-6H2. The topological polar surface area (TPSA) is 0 Å². The molecule has 0 bridgehead atoms. The molecule has 0 nitrogen and oxygen atoms in total. The summed E-state index contributed by atoms with van der Waals surface area (Å²) < 4.78 is 3.41. The van der Waals surface area contributed by atoms with Gasteiger partial charge in [-0.05, 0) is 0 Å². The predicted molar refractivity (Wildman–Crippen MR) is 92.0 cm³/mol. The molecule has 0 N–H and O–H groups in total. The number of thioether (sulfide) groups is 2. The quantitative estimate of drug-likeness (QED) is 0.323. The molecule has 6 atom stereocenters. The van der Waals surface area contributed by atoms with Crippen LogP contribution >= 0.6 is 23.5 Å². The normalized spacial score (nSPS) is 42.3. The van der Waals surface area contributed by atoms with Crippen molar-refractivity contribution in [2.24, 2.45) is 0 Å². The van der Waals surface area contributed by atoms with Crippen LogP contribution in [0.15, 0.2) is 0 Å². The maximum absolute atomic E-state index is 2.21. The van der Waals surface area contributed by atoms with E-state index in [1.807, 2.05) is 0 Å². The molecular weight excluding hydrogens is 621 g/mol. The van der Waals surface area contributed by atoms with Crippen LogP contribution in [0.5, 0.6) is 0 Å². The molecule has 104 valence electrons. The van der Waals surface area contributed by atoms with Crippen molar-refractivity contribution in [2.45, 2.75) is 51.5 Å². The summed E-state index contributed by atoms with van der Waals surface area (Å²) in [6, 6.07) is 0.